The summed E-state index contributed by atoms with van der Waals surface area (Å²) in [4.78, 5) is 0. The van der Waals surface area contributed by atoms with Gasteiger partial charge in [-0.05, 0) is 6.42 Å². The van der Waals surface area contributed by atoms with Gasteiger partial charge >= 0.3 is 0 Å². The molecule has 0 aliphatic carbocycles. The number of ether oxygens (including phenoxy) is 5. The van der Waals surface area contributed by atoms with E-state index in [-0.39, 0.29) is 5.84 Å². The molecule has 0 bridgehead atoms. The van der Waals surface area contributed by atoms with Crippen LogP contribution in [0.3, 0.4) is 0 Å². The molecule has 3 N–H and O–H groups in total. The van der Waals surface area contributed by atoms with E-state index in [2.05, 4.69) is 12.1 Å². The Morgan fingerprint density at radius 1 is 0.630 bits per heavy atom. The molecule has 0 aromatic heterocycles. The maximum atomic E-state index is 8.35. The van der Waals surface area contributed by atoms with E-state index in [9.17, 15) is 0 Å². The van der Waals surface area contributed by atoms with E-state index < -0.39 is 0 Å². The SMILES string of the molecule is CCCCCCCCOCCOCCOCCOCCOCCC(N)=NO. The molecule has 0 saturated carbocycles. The molecule has 0 rings (SSSR count). The van der Waals surface area contributed by atoms with Crippen molar-refractivity contribution in [1.29, 1.82) is 0 Å². The lowest BCUT2D eigenvalue weighted by molar-refractivity contribution is -0.0108. The summed E-state index contributed by atoms with van der Waals surface area (Å²) in [5.74, 6) is 0.163. The summed E-state index contributed by atoms with van der Waals surface area (Å²) in [6.07, 6.45) is 8.10. The van der Waals surface area contributed by atoms with Crippen molar-refractivity contribution < 1.29 is 28.9 Å². The van der Waals surface area contributed by atoms with Gasteiger partial charge in [0.15, 0.2) is 0 Å². The maximum absolute atomic E-state index is 8.35. The quantitative estimate of drug-likeness (QED) is 0.0959. The monoisotopic (exact) mass is 392 g/mol. The van der Waals surface area contributed by atoms with Gasteiger partial charge in [0, 0.05) is 13.0 Å². The van der Waals surface area contributed by atoms with Crippen molar-refractivity contribution in [2.24, 2.45) is 10.9 Å². The molecular weight excluding hydrogens is 352 g/mol. The molecule has 162 valence electrons. The molecule has 8 heteroatoms. The highest BCUT2D eigenvalue weighted by molar-refractivity contribution is 5.79. The Balaban J connectivity index is 3.01. The Labute approximate surface area is 164 Å². The average molecular weight is 393 g/mol. The minimum absolute atomic E-state index is 0.163. The van der Waals surface area contributed by atoms with Crippen LogP contribution in [0.4, 0.5) is 0 Å². The second-order valence-corrected chi connectivity index (χ2v) is 6.17. The third-order valence-electron chi connectivity index (χ3n) is 3.76. The molecule has 0 atom stereocenters. The fourth-order valence-electron chi connectivity index (χ4n) is 2.19. The zero-order valence-electron chi connectivity index (χ0n) is 17.0. The Hall–Kier alpha value is -0.930. The molecule has 27 heavy (non-hydrogen) atoms. The average Bonchev–Trinajstić information content (AvgIpc) is 2.68. The normalized spacial score (nSPS) is 12.0. The number of oxime groups is 1. The van der Waals surface area contributed by atoms with E-state index >= 15 is 0 Å². The van der Waals surface area contributed by atoms with Crippen molar-refractivity contribution in [2.75, 3.05) is 66.1 Å². The number of hydrogen-bond donors (Lipinski definition) is 2. The van der Waals surface area contributed by atoms with Crippen LogP contribution in [0.15, 0.2) is 5.16 Å². The van der Waals surface area contributed by atoms with Crippen molar-refractivity contribution in [1.82, 2.24) is 0 Å². The lowest BCUT2D eigenvalue weighted by Gasteiger charge is -2.08. The fourth-order valence-corrected chi connectivity index (χ4v) is 2.19. The predicted molar refractivity (Wildman–Crippen MR) is 105 cm³/mol. The predicted octanol–water partition coefficient (Wildman–Crippen LogP) is 2.57. The van der Waals surface area contributed by atoms with Crippen LogP contribution in [0.25, 0.3) is 0 Å². The van der Waals surface area contributed by atoms with Crippen LogP contribution in [0.1, 0.15) is 51.9 Å². The van der Waals surface area contributed by atoms with Gasteiger partial charge in [0.05, 0.1) is 59.5 Å². The van der Waals surface area contributed by atoms with Crippen LogP contribution >= 0.6 is 0 Å². The summed E-state index contributed by atoms with van der Waals surface area (Å²) in [6.45, 7) is 7.86. The van der Waals surface area contributed by atoms with Gasteiger partial charge < -0.3 is 34.6 Å². The molecule has 8 nitrogen and oxygen atoms in total. The van der Waals surface area contributed by atoms with Crippen molar-refractivity contribution in [3.63, 3.8) is 0 Å². The summed E-state index contributed by atoms with van der Waals surface area (Å²) in [7, 11) is 0. The number of rotatable bonds is 22. The van der Waals surface area contributed by atoms with E-state index in [4.69, 9.17) is 34.6 Å². The van der Waals surface area contributed by atoms with Gasteiger partial charge in [-0.3, -0.25) is 0 Å². The van der Waals surface area contributed by atoms with Crippen molar-refractivity contribution in [2.45, 2.75) is 51.9 Å². The number of unbranched alkanes of at least 4 members (excludes halogenated alkanes) is 5. The van der Waals surface area contributed by atoms with Crippen molar-refractivity contribution in [3.8, 4) is 0 Å². The Morgan fingerprint density at radius 2 is 1.04 bits per heavy atom. The number of nitrogens with two attached hydrogens (primary N) is 1. The molecule has 0 radical (unpaired) electrons. The Kier molecular flexibility index (Phi) is 22.3. The molecule has 0 aliphatic heterocycles. The third kappa shape index (κ3) is 23.0. The van der Waals surface area contributed by atoms with Gasteiger partial charge in [0.1, 0.15) is 5.84 Å². The second kappa shape index (κ2) is 23.1. The molecule has 0 heterocycles. The number of amidine groups is 1. The standard InChI is InChI=1S/C19H40N2O6/c1-2-3-4-5-6-7-9-23-11-13-25-15-17-27-18-16-26-14-12-24-10-8-19(20)21-22/h22H,2-18H2,1H3,(H2,20,21). The van der Waals surface area contributed by atoms with Crippen LogP contribution in [0.2, 0.25) is 0 Å². The Morgan fingerprint density at radius 3 is 1.52 bits per heavy atom. The summed E-state index contributed by atoms with van der Waals surface area (Å²) < 4.78 is 27.0. The molecule has 0 amide bonds. The van der Waals surface area contributed by atoms with Gasteiger partial charge in [0.25, 0.3) is 0 Å². The van der Waals surface area contributed by atoms with Gasteiger partial charge in [-0.25, -0.2) is 0 Å². The summed E-state index contributed by atoms with van der Waals surface area (Å²) in [5.41, 5.74) is 5.31. The molecule has 0 fully saturated rings. The second-order valence-electron chi connectivity index (χ2n) is 6.17. The van der Waals surface area contributed by atoms with E-state index in [1.54, 1.807) is 0 Å². The van der Waals surface area contributed by atoms with E-state index in [0.717, 1.165) is 13.0 Å². The summed E-state index contributed by atoms with van der Waals surface area (Å²) >= 11 is 0. The highest BCUT2D eigenvalue weighted by Crippen LogP contribution is 2.04. The van der Waals surface area contributed by atoms with Crippen molar-refractivity contribution >= 4 is 5.84 Å². The topological polar surface area (TPSA) is 105 Å². The lowest BCUT2D eigenvalue weighted by Crippen LogP contribution is -2.16. The first kappa shape index (κ1) is 26.1. The van der Waals surface area contributed by atoms with E-state index in [1.807, 2.05) is 0 Å². The first-order valence-corrected chi connectivity index (χ1v) is 10.2. The minimum Gasteiger partial charge on any atom is -0.409 e. The third-order valence-corrected chi connectivity index (χ3v) is 3.76. The molecular formula is C19H40N2O6. The van der Waals surface area contributed by atoms with Crippen LogP contribution < -0.4 is 5.73 Å². The first-order chi connectivity index (χ1) is 13.3. The van der Waals surface area contributed by atoms with Crippen LogP contribution in [0.5, 0.6) is 0 Å². The fraction of sp³-hybridized carbons (Fsp3) is 0.947. The molecule has 0 aromatic rings. The largest absolute Gasteiger partial charge is 0.409 e. The summed E-state index contributed by atoms with van der Waals surface area (Å²) in [5, 5.41) is 11.2. The number of hydrogen-bond acceptors (Lipinski definition) is 7. The van der Waals surface area contributed by atoms with Crippen LogP contribution in [-0.4, -0.2) is 77.1 Å². The number of nitrogens with zero attached hydrogens (tertiary/aromatic N) is 1. The molecule has 0 aromatic carbocycles. The van der Waals surface area contributed by atoms with E-state index in [1.165, 1.54) is 32.1 Å². The summed E-state index contributed by atoms with van der Waals surface area (Å²) in [6, 6.07) is 0. The molecule has 0 aliphatic rings. The van der Waals surface area contributed by atoms with Crippen LogP contribution in [-0.2, 0) is 23.7 Å². The zero-order valence-corrected chi connectivity index (χ0v) is 17.0. The van der Waals surface area contributed by atoms with Gasteiger partial charge in [-0.15, -0.1) is 0 Å². The van der Waals surface area contributed by atoms with Gasteiger partial charge in [-0.2, -0.15) is 0 Å². The minimum atomic E-state index is 0.163. The highest BCUT2D eigenvalue weighted by atomic mass is 16.6. The highest BCUT2D eigenvalue weighted by Gasteiger charge is 1.95. The Bertz CT molecular complexity index is 319. The van der Waals surface area contributed by atoms with Crippen LogP contribution in [0, 0.1) is 0 Å². The van der Waals surface area contributed by atoms with Gasteiger partial charge in [0.2, 0.25) is 0 Å². The zero-order chi connectivity index (χ0) is 19.8. The molecule has 0 spiro atoms. The smallest absolute Gasteiger partial charge is 0.141 e. The van der Waals surface area contributed by atoms with E-state index in [0.29, 0.717) is 65.9 Å². The van der Waals surface area contributed by atoms with Gasteiger partial charge in [-0.1, -0.05) is 44.2 Å². The molecule has 0 saturated heterocycles. The lowest BCUT2D eigenvalue weighted by atomic mass is 10.1. The maximum Gasteiger partial charge on any atom is 0.141 e. The van der Waals surface area contributed by atoms with Crippen molar-refractivity contribution in [3.05, 3.63) is 0 Å². The molecule has 0 unspecified atom stereocenters. The first-order valence-electron chi connectivity index (χ1n) is 10.2.